The predicted octanol–water partition coefficient (Wildman–Crippen LogP) is 3.66. The minimum absolute atomic E-state index is 0.100. The molecule has 202 valence electrons. The van der Waals surface area contributed by atoms with Crippen molar-refractivity contribution in [2.75, 3.05) is 43.9 Å². The molecule has 0 saturated carbocycles. The van der Waals surface area contributed by atoms with Gasteiger partial charge in [0.1, 0.15) is 0 Å². The average molecular weight is 528 g/mol. The summed E-state index contributed by atoms with van der Waals surface area (Å²) in [7, 11) is 3.82. The molecule has 3 heterocycles. The molecule has 3 aromatic rings. The van der Waals surface area contributed by atoms with Crippen molar-refractivity contribution >= 4 is 34.7 Å². The molecule has 39 heavy (non-hydrogen) atoms. The third kappa shape index (κ3) is 5.44. The van der Waals surface area contributed by atoms with Crippen molar-refractivity contribution in [3.05, 3.63) is 78.4 Å². The molecule has 1 aromatic heterocycles. The lowest BCUT2D eigenvalue weighted by Gasteiger charge is -2.45. The highest BCUT2D eigenvalue weighted by Gasteiger charge is 2.33. The van der Waals surface area contributed by atoms with Gasteiger partial charge in [0.2, 0.25) is 5.91 Å². The fraction of sp³-hybridized carbons (Fsp3) is 0.300. The summed E-state index contributed by atoms with van der Waals surface area (Å²) in [6.45, 7) is 6.10. The minimum Gasteiger partial charge on any atom is -0.472 e. The molecule has 9 nitrogen and oxygen atoms in total. The van der Waals surface area contributed by atoms with Gasteiger partial charge in [0.15, 0.2) is 0 Å². The topological polar surface area (TPSA) is 98.1 Å². The van der Waals surface area contributed by atoms with E-state index < -0.39 is 11.8 Å². The molecular formula is C30H33N5O4. The number of rotatable bonds is 6. The molecule has 2 N–H and O–H groups in total. The molecule has 0 radical (unpaired) electrons. The standard InChI is InChI=1S/C30H33N5O4/c1-19-15-34(16-20(2)35(19)28(36)17-33(3)4)24-8-6-23(7-9-24)31-14-27-26-13-21(22-11-12-39-18-22)5-10-25(26)29(37)32-30(27)38/h5-14,18-20,31H,15-17H2,1-4H3,(H,32,37,38)/t19-,20+. The number of anilines is 2. The van der Waals surface area contributed by atoms with Crippen LogP contribution in [0.5, 0.6) is 0 Å². The van der Waals surface area contributed by atoms with E-state index in [2.05, 4.69) is 29.4 Å². The second-order valence-corrected chi connectivity index (χ2v) is 10.4. The van der Waals surface area contributed by atoms with E-state index in [-0.39, 0.29) is 18.0 Å². The number of imide groups is 1. The Morgan fingerprint density at radius 3 is 2.36 bits per heavy atom. The van der Waals surface area contributed by atoms with Crippen LogP contribution in [0.25, 0.3) is 16.7 Å². The predicted molar refractivity (Wildman–Crippen MR) is 151 cm³/mol. The van der Waals surface area contributed by atoms with Crippen LogP contribution in [0, 0.1) is 0 Å². The molecular weight excluding hydrogens is 494 g/mol. The van der Waals surface area contributed by atoms with Gasteiger partial charge in [0.25, 0.3) is 11.8 Å². The van der Waals surface area contributed by atoms with Crippen molar-refractivity contribution in [3.8, 4) is 11.1 Å². The Morgan fingerprint density at radius 2 is 1.72 bits per heavy atom. The fourth-order valence-corrected chi connectivity index (χ4v) is 5.38. The summed E-state index contributed by atoms with van der Waals surface area (Å²) in [5.74, 6) is -0.716. The monoisotopic (exact) mass is 527 g/mol. The quantitative estimate of drug-likeness (QED) is 0.373. The third-order valence-electron chi connectivity index (χ3n) is 7.15. The maximum Gasteiger partial charge on any atom is 0.260 e. The van der Waals surface area contributed by atoms with Gasteiger partial charge in [-0.15, -0.1) is 0 Å². The number of nitrogens with one attached hydrogen (secondary N) is 2. The zero-order valence-corrected chi connectivity index (χ0v) is 22.6. The van der Waals surface area contributed by atoms with Gasteiger partial charge in [-0.2, -0.15) is 0 Å². The van der Waals surface area contributed by atoms with Crippen molar-refractivity contribution in [2.24, 2.45) is 0 Å². The first-order chi connectivity index (χ1) is 18.7. The molecule has 5 rings (SSSR count). The number of carbonyl (C=O) groups excluding carboxylic acids is 3. The molecule has 1 saturated heterocycles. The Labute approximate surface area is 228 Å². The first kappa shape index (κ1) is 26.2. The van der Waals surface area contributed by atoms with Gasteiger partial charge < -0.3 is 24.4 Å². The molecule has 2 aromatic carbocycles. The van der Waals surface area contributed by atoms with Crippen molar-refractivity contribution in [1.82, 2.24) is 15.1 Å². The van der Waals surface area contributed by atoms with E-state index in [1.54, 1.807) is 24.8 Å². The highest BCUT2D eigenvalue weighted by molar-refractivity contribution is 6.31. The molecule has 2 atom stereocenters. The average Bonchev–Trinajstić information content (AvgIpc) is 3.43. The number of hydrogen-bond acceptors (Lipinski definition) is 7. The summed E-state index contributed by atoms with van der Waals surface area (Å²) < 4.78 is 5.19. The lowest BCUT2D eigenvalue weighted by molar-refractivity contribution is -0.136. The number of piperazine rings is 1. The van der Waals surface area contributed by atoms with Crippen molar-refractivity contribution < 1.29 is 18.8 Å². The van der Waals surface area contributed by atoms with Gasteiger partial charge in [-0.3, -0.25) is 19.7 Å². The molecule has 1 fully saturated rings. The number of fused-ring (bicyclic) bond motifs is 1. The molecule has 0 aliphatic carbocycles. The highest BCUT2D eigenvalue weighted by Crippen LogP contribution is 2.30. The van der Waals surface area contributed by atoms with Gasteiger partial charge in [-0.05, 0) is 76.0 Å². The number of furan rings is 1. The summed E-state index contributed by atoms with van der Waals surface area (Å²) >= 11 is 0. The molecule has 9 heteroatoms. The Kier molecular flexibility index (Phi) is 7.26. The second kappa shape index (κ2) is 10.8. The Balaban J connectivity index is 1.31. The number of amides is 3. The minimum atomic E-state index is -0.453. The number of nitrogens with zero attached hydrogens (tertiary/aromatic N) is 3. The fourth-order valence-electron chi connectivity index (χ4n) is 5.38. The Morgan fingerprint density at radius 1 is 1.00 bits per heavy atom. The van der Waals surface area contributed by atoms with Crippen LogP contribution in [0.2, 0.25) is 0 Å². The molecule has 0 bridgehead atoms. The first-order valence-electron chi connectivity index (χ1n) is 13.0. The normalized spacial score (nSPS) is 20.3. The zero-order valence-electron chi connectivity index (χ0n) is 22.6. The van der Waals surface area contributed by atoms with E-state index in [9.17, 15) is 14.4 Å². The third-order valence-corrected chi connectivity index (χ3v) is 7.15. The van der Waals surface area contributed by atoms with Crippen LogP contribution in [0.1, 0.15) is 29.8 Å². The summed E-state index contributed by atoms with van der Waals surface area (Å²) in [6.07, 6.45) is 4.84. The summed E-state index contributed by atoms with van der Waals surface area (Å²) in [6, 6.07) is 15.4. The van der Waals surface area contributed by atoms with Crippen LogP contribution in [0.4, 0.5) is 11.4 Å². The molecule has 2 aliphatic heterocycles. The molecule has 2 aliphatic rings. The van der Waals surface area contributed by atoms with Crippen LogP contribution < -0.4 is 15.5 Å². The Bertz CT molecular complexity index is 1400. The smallest absolute Gasteiger partial charge is 0.260 e. The van der Waals surface area contributed by atoms with Gasteiger partial charge >= 0.3 is 0 Å². The van der Waals surface area contributed by atoms with E-state index in [1.807, 2.05) is 66.4 Å². The summed E-state index contributed by atoms with van der Waals surface area (Å²) in [4.78, 5) is 44.1. The number of hydrogen-bond donors (Lipinski definition) is 2. The van der Waals surface area contributed by atoms with Crippen LogP contribution in [0.15, 0.2) is 71.7 Å². The SMILES string of the molecule is C[C@@H]1CN(c2ccc(NC=C3C(=O)NC(=O)c4ccc(-c5ccoc5)cc43)cc2)C[C@H](C)N1C(=O)CN(C)C. The number of benzene rings is 2. The molecule has 0 unspecified atom stereocenters. The zero-order chi connectivity index (χ0) is 27.7. The lowest BCUT2D eigenvalue weighted by Crippen LogP contribution is -2.60. The van der Waals surface area contributed by atoms with E-state index in [0.717, 1.165) is 35.6 Å². The van der Waals surface area contributed by atoms with Crippen LogP contribution in [-0.2, 0) is 9.59 Å². The largest absolute Gasteiger partial charge is 0.472 e. The summed E-state index contributed by atoms with van der Waals surface area (Å²) in [5.41, 5.74) is 4.98. The van der Waals surface area contributed by atoms with Gasteiger partial charge in [0.05, 0.1) is 24.6 Å². The van der Waals surface area contributed by atoms with Crippen molar-refractivity contribution in [1.29, 1.82) is 0 Å². The van der Waals surface area contributed by atoms with E-state index >= 15 is 0 Å². The second-order valence-electron chi connectivity index (χ2n) is 10.4. The van der Waals surface area contributed by atoms with Crippen LogP contribution in [-0.4, -0.2) is 73.3 Å². The van der Waals surface area contributed by atoms with E-state index in [4.69, 9.17) is 4.42 Å². The summed E-state index contributed by atoms with van der Waals surface area (Å²) in [5, 5.41) is 5.63. The first-order valence-corrected chi connectivity index (χ1v) is 13.0. The maximum atomic E-state index is 12.7. The molecule has 0 spiro atoms. The van der Waals surface area contributed by atoms with Gasteiger partial charge in [-0.1, -0.05) is 6.07 Å². The number of likely N-dealkylation sites (N-methyl/N-ethyl adjacent to an activating group) is 1. The van der Waals surface area contributed by atoms with Crippen molar-refractivity contribution in [3.63, 3.8) is 0 Å². The van der Waals surface area contributed by atoms with E-state index in [0.29, 0.717) is 23.2 Å². The highest BCUT2D eigenvalue weighted by atomic mass is 16.3. The number of carbonyl (C=O) groups is 3. The van der Waals surface area contributed by atoms with Gasteiger partial charge in [0, 0.05) is 59.4 Å². The Hall–Kier alpha value is -4.37. The van der Waals surface area contributed by atoms with Gasteiger partial charge in [-0.25, -0.2) is 0 Å². The van der Waals surface area contributed by atoms with Crippen LogP contribution >= 0.6 is 0 Å². The van der Waals surface area contributed by atoms with E-state index in [1.165, 1.54) is 0 Å². The van der Waals surface area contributed by atoms with Crippen molar-refractivity contribution in [2.45, 2.75) is 25.9 Å². The molecule has 3 amide bonds. The lowest BCUT2D eigenvalue weighted by atomic mass is 9.92. The maximum absolute atomic E-state index is 12.7. The van der Waals surface area contributed by atoms with Crippen LogP contribution in [0.3, 0.4) is 0 Å².